The summed E-state index contributed by atoms with van der Waals surface area (Å²) >= 11 is 0. The van der Waals surface area contributed by atoms with Crippen LogP contribution in [0.25, 0.3) is 12.2 Å². The van der Waals surface area contributed by atoms with Crippen LogP contribution in [0.3, 0.4) is 0 Å². The summed E-state index contributed by atoms with van der Waals surface area (Å²) in [7, 11) is -0.844. The molecule has 4 aromatic carbocycles. The predicted molar refractivity (Wildman–Crippen MR) is 155 cm³/mol. The van der Waals surface area contributed by atoms with E-state index in [0.717, 1.165) is 39.1 Å². The van der Waals surface area contributed by atoms with Crippen LogP contribution in [-0.2, 0) is 26.8 Å². The summed E-state index contributed by atoms with van der Waals surface area (Å²) in [6.07, 6.45) is 3.95. The van der Waals surface area contributed by atoms with Crippen LogP contribution in [0.5, 0.6) is 17.2 Å². The molecule has 39 heavy (non-hydrogen) atoms. The molecule has 0 bridgehead atoms. The number of rotatable bonds is 12. The van der Waals surface area contributed by atoms with E-state index in [1.54, 1.807) is 19.2 Å². The van der Waals surface area contributed by atoms with Gasteiger partial charge in [-0.1, -0.05) is 78.9 Å². The maximum atomic E-state index is 13.9. The molecule has 4 rings (SSSR count). The van der Waals surface area contributed by atoms with Gasteiger partial charge in [0.05, 0.1) is 27.4 Å². The lowest BCUT2D eigenvalue weighted by Gasteiger charge is -2.20. The second kappa shape index (κ2) is 13.3. The molecular formula is C32H33O6P. The zero-order chi connectivity index (χ0) is 27.7. The molecule has 0 aliphatic heterocycles. The maximum Gasteiger partial charge on any atom is 0.530 e. The second-order valence-electron chi connectivity index (χ2n) is 8.99. The zero-order valence-electron chi connectivity index (χ0n) is 22.6. The first-order chi connectivity index (χ1) is 18.9. The van der Waals surface area contributed by atoms with Crippen molar-refractivity contribution in [3.63, 3.8) is 0 Å². The molecule has 0 aliphatic rings. The summed E-state index contributed by atoms with van der Waals surface area (Å²) in [6, 6.07) is 28.4. The smallest absolute Gasteiger partial charge is 0.496 e. The summed E-state index contributed by atoms with van der Waals surface area (Å²) in [5, 5.41) is 0. The second-order valence-corrected chi connectivity index (χ2v) is 10.6. The van der Waals surface area contributed by atoms with Gasteiger partial charge in [-0.05, 0) is 71.5 Å². The zero-order valence-corrected chi connectivity index (χ0v) is 23.5. The van der Waals surface area contributed by atoms with Gasteiger partial charge >= 0.3 is 7.82 Å². The van der Waals surface area contributed by atoms with Gasteiger partial charge in [0.2, 0.25) is 0 Å². The minimum Gasteiger partial charge on any atom is -0.496 e. The van der Waals surface area contributed by atoms with Crippen molar-refractivity contribution in [2.45, 2.75) is 27.1 Å². The van der Waals surface area contributed by atoms with E-state index in [2.05, 4.69) is 12.1 Å². The standard InChI is InChI=1S/C32H33O6P/c1-24-19-29(20-25(2)32(24)35-4)16-15-26-17-18-30(34-3)31(21-26)38-39(33,36-22-27-11-7-5-8-12-27)37-23-28-13-9-6-10-14-28/h5-21H,22-23H2,1-4H3/b16-15-. The van der Waals surface area contributed by atoms with Gasteiger partial charge in [0, 0.05) is 0 Å². The number of methoxy groups -OCH3 is 2. The van der Waals surface area contributed by atoms with Crippen LogP contribution in [0, 0.1) is 13.8 Å². The van der Waals surface area contributed by atoms with Gasteiger partial charge in [0.25, 0.3) is 0 Å². The van der Waals surface area contributed by atoms with Crippen LogP contribution >= 0.6 is 7.82 Å². The summed E-state index contributed by atoms with van der Waals surface area (Å²) in [4.78, 5) is 0. The van der Waals surface area contributed by atoms with Gasteiger partial charge < -0.3 is 14.0 Å². The minimum atomic E-state index is -4.05. The monoisotopic (exact) mass is 544 g/mol. The molecule has 0 amide bonds. The molecule has 0 aromatic heterocycles. The van der Waals surface area contributed by atoms with Crippen LogP contribution < -0.4 is 14.0 Å². The molecule has 0 heterocycles. The van der Waals surface area contributed by atoms with E-state index < -0.39 is 7.82 Å². The molecule has 0 fully saturated rings. The summed E-state index contributed by atoms with van der Waals surface area (Å²) in [5.74, 6) is 1.55. The fraction of sp³-hybridized carbons (Fsp3) is 0.188. The predicted octanol–water partition coefficient (Wildman–Crippen LogP) is 8.41. The first kappa shape index (κ1) is 28.2. The third kappa shape index (κ3) is 7.84. The number of aryl methyl sites for hydroxylation is 2. The fourth-order valence-electron chi connectivity index (χ4n) is 4.13. The van der Waals surface area contributed by atoms with Crippen molar-refractivity contribution in [3.8, 4) is 17.2 Å². The van der Waals surface area contributed by atoms with Gasteiger partial charge in [-0.3, -0.25) is 9.05 Å². The Hall–Kier alpha value is -3.83. The molecule has 7 heteroatoms. The van der Waals surface area contributed by atoms with Gasteiger partial charge in [0.1, 0.15) is 5.75 Å². The Morgan fingerprint density at radius 1 is 0.641 bits per heavy atom. The van der Waals surface area contributed by atoms with Crippen LogP contribution in [0.1, 0.15) is 33.4 Å². The highest BCUT2D eigenvalue weighted by Gasteiger charge is 2.30. The number of phosphoric acid groups is 1. The molecule has 0 atom stereocenters. The Kier molecular flexibility index (Phi) is 9.61. The summed E-state index contributed by atoms with van der Waals surface area (Å²) < 4.78 is 42.4. The summed E-state index contributed by atoms with van der Waals surface area (Å²) in [6.45, 7) is 4.16. The normalized spacial score (nSPS) is 11.5. The van der Waals surface area contributed by atoms with Crippen molar-refractivity contribution in [3.05, 3.63) is 124 Å². The maximum absolute atomic E-state index is 13.9. The Balaban J connectivity index is 1.59. The minimum absolute atomic E-state index is 0.0605. The molecule has 202 valence electrons. The first-order valence-corrected chi connectivity index (χ1v) is 14.0. The molecule has 0 saturated carbocycles. The van der Waals surface area contributed by atoms with Gasteiger partial charge in [0.15, 0.2) is 11.5 Å². The van der Waals surface area contributed by atoms with Crippen LogP contribution in [0.2, 0.25) is 0 Å². The average molecular weight is 545 g/mol. The lowest BCUT2D eigenvalue weighted by atomic mass is 10.0. The quantitative estimate of drug-likeness (QED) is 0.132. The van der Waals surface area contributed by atoms with Crippen molar-refractivity contribution in [2.75, 3.05) is 14.2 Å². The largest absolute Gasteiger partial charge is 0.530 e. The molecule has 0 spiro atoms. The molecular weight excluding hydrogens is 511 g/mol. The molecule has 6 nitrogen and oxygen atoms in total. The highest BCUT2D eigenvalue weighted by Crippen LogP contribution is 2.53. The molecule has 4 aromatic rings. The van der Waals surface area contributed by atoms with E-state index in [1.165, 1.54) is 7.11 Å². The topological polar surface area (TPSA) is 63.2 Å². The number of ether oxygens (including phenoxy) is 2. The van der Waals surface area contributed by atoms with Crippen molar-refractivity contribution in [1.82, 2.24) is 0 Å². The SMILES string of the molecule is COc1ccc(/C=C\c2cc(C)c(OC)c(C)c2)cc1OP(=O)(OCc1ccccc1)OCc1ccccc1. The van der Waals surface area contributed by atoms with Crippen LogP contribution in [0.15, 0.2) is 91.0 Å². The van der Waals surface area contributed by atoms with E-state index in [4.69, 9.17) is 23.0 Å². The van der Waals surface area contributed by atoms with Crippen LogP contribution in [0.4, 0.5) is 0 Å². The Bertz CT molecular complexity index is 1380. The number of hydrogen-bond donors (Lipinski definition) is 0. The Labute approximate surface area is 230 Å². The molecule has 0 radical (unpaired) electrons. The highest BCUT2D eigenvalue weighted by molar-refractivity contribution is 7.48. The molecule has 0 unspecified atom stereocenters. The molecule has 0 saturated heterocycles. The van der Waals surface area contributed by atoms with E-state index in [1.807, 2.05) is 92.7 Å². The third-order valence-corrected chi connectivity index (χ3v) is 7.33. The van der Waals surface area contributed by atoms with E-state index in [0.29, 0.717) is 5.75 Å². The number of benzene rings is 4. The first-order valence-electron chi connectivity index (χ1n) is 12.6. The van der Waals surface area contributed by atoms with Crippen molar-refractivity contribution < 1.29 is 27.6 Å². The molecule has 0 N–H and O–H groups in total. The van der Waals surface area contributed by atoms with Gasteiger partial charge in [-0.25, -0.2) is 4.57 Å². The average Bonchev–Trinajstić information content (AvgIpc) is 2.95. The number of hydrogen-bond acceptors (Lipinski definition) is 6. The van der Waals surface area contributed by atoms with E-state index in [9.17, 15) is 4.57 Å². The highest BCUT2D eigenvalue weighted by atomic mass is 31.2. The van der Waals surface area contributed by atoms with Crippen molar-refractivity contribution >= 4 is 20.0 Å². The van der Waals surface area contributed by atoms with E-state index >= 15 is 0 Å². The number of phosphoric ester groups is 1. The van der Waals surface area contributed by atoms with Crippen LogP contribution in [-0.4, -0.2) is 14.2 Å². The lowest BCUT2D eigenvalue weighted by molar-refractivity contribution is 0.142. The Morgan fingerprint density at radius 3 is 1.69 bits per heavy atom. The third-order valence-electron chi connectivity index (χ3n) is 6.02. The van der Waals surface area contributed by atoms with Crippen molar-refractivity contribution in [2.24, 2.45) is 0 Å². The lowest BCUT2D eigenvalue weighted by Crippen LogP contribution is -2.04. The molecule has 0 aliphatic carbocycles. The Morgan fingerprint density at radius 2 is 1.18 bits per heavy atom. The van der Waals surface area contributed by atoms with Gasteiger partial charge in [-0.2, -0.15) is 0 Å². The van der Waals surface area contributed by atoms with E-state index in [-0.39, 0.29) is 19.0 Å². The van der Waals surface area contributed by atoms with Crippen molar-refractivity contribution in [1.29, 1.82) is 0 Å². The fourth-order valence-corrected chi connectivity index (χ4v) is 5.31. The summed E-state index contributed by atoms with van der Waals surface area (Å²) in [5.41, 5.74) is 5.67. The van der Waals surface area contributed by atoms with Gasteiger partial charge in [-0.15, -0.1) is 0 Å².